The van der Waals surface area contributed by atoms with Crippen LogP contribution in [0.4, 0.5) is 0 Å². The summed E-state index contributed by atoms with van der Waals surface area (Å²) in [6.45, 7) is 12.9. The lowest BCUT2D eigenvalue weighted by atomic mass is 9.81. The second kappa shape index (κ2) is 6.43. The highest BCUT2D eigenvalue weighted by atomic mass is 16.1. The Morgan fingerprint density at radius 2 is 1.50 bits per heavy atom. The summed E-state index contributed by atoms with van der Waals surface area (Å²) in [4.78, 5) is 12.2. The van der Waals surface area contributed by atoms with Crippen LogP contribution in [0.5, 0.6) is 0 Å². The molecule has 0 aromatic heterocycles. The van der Waals surface area contributed by atoms with Crippen molar-refractivity contribution in [1.82, 2.24) is 5.32 Å². The van der Waals surface area contributed by atoms with Gasteiger partial charge in [0.05, 0.1) is 6.42 Å². The highest BCUT2D eigenvalue weighted by Crippen LogP contribution is 2.26. The van der Waals surface area contributed by atoms with Crippen molar-refractivity contribution in [2.45, 2.75) is 66.3 Å². The van der Waals surface area contributed by atoms with Crippen LogP contribution in [-0.4, -0.2) is 11.4 Å². The Balaban J connectivity index is 2.58. The Kier molecular flexibility index (Phi) is 5.38. The molecule has 112 valence electrons. The molecule has 0 aliphatic heterocycles. The second-order valence-corrected chi connectivity index (χ2v) is 7.52. The minimum absolute atomic E-state index is 0.100. The molecule has 0 heterocycles. The van der Waals surface area contributed by atoms with E-state index in [1.54, 1.807) is 0 Å². The number of hydrogen-bond acceptors (Lipinski definition) is 1. The van der Waals surface area contributed by atoms with E-state index in [1.807, 2.05) is 0 Å². The average Bonchev–Trinajstić information content (AvgIpc) is 2.25. The molecule has 0 bridgehead atoms. The van der Waals surface area contributed by atoms with Gasteiger partial charge in [0.15, 0.2) is 0 Å². The third kappa shape index (κ3) is 6.23. The largest absolute Gasteiger partial charge is 0.351 e. The van der Waals surface area contributed by atoms with E-state index >= 15 is 0 Å². The minimum Gasteiger partial charge on any atom is -0.351 e. The average molecular weight is 275 g/mol. The van der Waals surface area contributed by atoms with E-state index in [9.17, 15) is 4.79 Å². The number of amides is 1. The van der Waals surface area contributed by atoms with Gasteiger partial charge in [-0.25, -0.2) is 0 Å². The maximum absolute atomic E-state index is 12.2. The van der Waals surface area contributed by atoms with E-state index in [-0.39, 0.29) is 16.9 Å². The lowest BCUT2D eigenvalue weighted by Crippen LogP contribution is -2.46. The van der Waals surface area contributed by atoms with Gasteiger partial charge in [-0.3, -0.25) is 4.79 Å². The van der Waals surface area contributed by atoms with Crippen LogP contribution >= 0.6 is 0 Å². The molecular formula is C18H29NO. The number of carbonyl (C=O) groups is 1. The Bertz CT molecular complexity index is 437. The van der Waals surface area contributed by atoms with E-state index in [4.69, 9.17) is 0 Å². The summed E-state index contributed by atoms with van der Waals surface area (Å²) in [7, 11) is 0. The van der Waals surface area contributed by atoms with Crippen molar-refractivity contribution in [2.24, 2.45) is 5.41 Å². The topological polar surface area (TPSA) is 29.1 Å². The molecule has 1 rings (SSSR count). The van der Waals surface area contributed by atoms with E-state index in [1.165, 1.54) is 5.56 Å². The van der Waals surface area contributed by atoms with Crippen LogP contribution in [0.25, 0.3) is 0 Å². The van der Waals surface area contributed by atoms with Crippen LogP contribution in [0.1, 0.15) is 59.1 Å². The first-order valence-electron chi connectivity index (χ1n) is 7.50. The van der Waals surface area contributed by atoms with Gasteiger partial charge in [0, 0.05) is 5.54 Å². The molecule has 2 heteroatoms. The zero-order chi connectivity index (χ0) is 15.4. The second-order valence-electron chi connectivity index (χ2n) is 7.52. The molecule has 0 spiro atoms. The third-order valence-electron chi connectivity index (χ3n) is 3.25. The van der Waals surface area contributed by atoms with Gasteiger partial charge in [-0.15, -0.1) is 0 Å². The van der Waals surface area contributed by atoms with Crippen LogP contribution in [0.2, 0.25) is 0 Å². The normalized spacial score (nSPS) is 12.3. The smallest absolute Gasteiger partial charge is 0.224 e. The lowest BCUT2D eigenvalue weighted by molar-refractivity contribution is -0.122. The molecule has 20 heavy (non-hydrogen) atoms. The molecule has 1 aromatic rings. The van der Waals surface area contributed by atoms with E-state index in [0.29, 0.717) is 6.42 Å². The standard InChI is InChI=1S/C18H29NO/c1-7-14-8-10-15(11-9-14)12-16(20)19-18(5,6)13-17(2,3)4/h8-11H,7,12-13H2,1-6H3,(H,19,20). The van der Waals surface area contributed by atoms with Gasteiger partial charge < -0.3 is 5.32 Å². The van der Waals surface area contributed by atoms with Crippen LogP contribution in [0.3, 0.4) is 0 Å². The van der Waals surface area contributed by atoms with Crippen molar-refractivity contribution in [2.75, 3.05) is 0 Å². The van der Waals surface area contributed by atoms with E-state index in [0.717, 1.165) is 18.4 Å². The summed E-state index contributed by atoms with van der Waals surface area (Å²) in [6, 6.07) is 8.30. The maximum atomic E-state index is 12.2. The molecule has 0 aliphatic carbocycles. The zero-order valence-corrected chi connectivity index (χ0v) is 13.8. The highest BCUT2D eigenvalue weighted by molar-refractivity contribution is 5.79. The van der Waals surface area contributed by atoms with Gasteiger partial charge in [-0.1, -0.05) is 52.0 Å². The van der Waals surface area contributed by atoms with Crippen LogP contribution in [0.15, 0.2) is 24.3 Å². The fraction of sp³-hybridized carbons (Fsp3) is 0.611. The minimum atomic E-state index is -0.168. The van der Waals surface area contributed by atoms with Crippen molar-refractivity contribution in [3.8, 4) is 0 Å². The summed E-state index contributed by atoms with van der Waals surface area (Å²) >= 11 is 0. The molecule has 0 saturated carbocycles. The van der Waals surface area contributed by atoms with E-state index in [2.05, 4.69) is 71.1 Å². The summed E-state index contributed by atoms with van der Waals surface area (Å²) < 4.78 is 0. The van der Waals surface area contributed by atoms with Gasteiger partial charge in [0.1, 0.15) is 0 Å². The number of benzene rings is 1. The Hall–Kier alpha value is -1.31. The van der Waals surface area contributed by atoms with Crippen molar-refractivity contribution in [3.63, 3.8) is 0 Å². The molecule has 1 amide bonds. The molecular weight excluding hydrogens is 246 g/mol. The summed E-state index contributed by atoms with van der Waals surface area (Å²) in [6.07, 6.45) is 2.45. The molecule has 1 N–H and O–H groups in total. The number of hydrogen-bond donors (Lipinski definition) is 1. The maximum Gasteiger partial charge on any atom is 0.224 e. The van der Waals surface area contributed by atoms with Gasteiger partial charge in [-0.2, -0.15) is 0 Å². The van der Waals surface area contributed by atoms with Crippen LogP contribution in [0, 0.1) is 5.41 Å². The molecule has 2 nitrogen and oxygen atoms in total. The molecule has 0 aliphatic rings. The quantitative estimate of drug-likeness (QED) is 0.860. The Labute approximate surface area is 124 Å². The van der Waals surface area contributed by atoms with Crippen molar-refractivity contribution < 1.29 is 4.79 Å². The van der Waals surface area contributed by atoms with E-state index < -0.39 is 0 Å². The summed E-state index contributed by atoms with van der Waals surface area (Å²) in [5.41, 5.74) is 2.42. The van der Waals surface area contributed by atoms with Gasteiger partial charge in [-0.05, 0) is 43.2 Å². The zero-order valence-electron chi connectivity index (χ0n) is 13.8. The molecule has 0 unspecified atom stereocenters. The molecule has 0 radical (unpaired) electrons. The summed E-state index contributed by atoms with van der Waals surface area (Å²) in [5, 5.41) is 3.15. The van der Waals surface area contributed by atoms with Crippen molar-refractivity contribution in [3.05, 3.63) is 35.4 Å². The van der Waals surface area contributed by atoms with Gasteiger partial charge >= 0.3 is 0 Å². The van der Waals surface area contributed by atoms with Crippen molar-refractivity contribution >= 4 is 5.91 Å². The first-order chi connectivity index (χ1) is 9.11. The summed E-state index contributed by atoms with van der Waals surface area (Å²) in [5.74, 6) is 0.100. The predicted molar refractivity (Wildman–Crippen MR) is 85.8 cm³/mol. The SMILES string of the molecule is CCc1ccc(CC(=O)NC(C)(C)CC(C)(C)C)cc1. The predicted octanol–water partition coefficient (Wildman–Crippen LogP) is 4.12. The molecule has 1 aromatic carbocycles. The van der Waals surface area contributed by atoms with Crippen LogP contribution in [-0.2, 0) is 17.6 Å². The first-order valence-corrected chi connectivity index (χ1v) is 7.50. The van der Waals surface area contributed by atoms with Crippen molar-refractivity contribution in [1.29, 1.82) is 0 Å². The van der Waals surface area contributed by atoms with Gasteiger partial charge in [0.25, 0.3) is 0 Å². The number of aryl methyl sites for hydroxylation is 1. The highest BCUT2D eigenvalue weighted by Gasteiger charge is 2.26. The molecule has 0 saturated heterocycles. The van der Waals surface area contributed by atoms with Gasteiger partial charge in [0.2, 0.25) is 5.91 Å². The number of nitrogens with one attached hydrogen (secondary N) is 1. The van der Waals surface area contributed by atoms with Crippen LogP contribution < -0.4 is 5.32 Å². The monoisotopic (exact) mass is 275 g/mol. The first kappa shape index (κ1) is 16.7. The number of rotatable bonds is 5. The lowest BCUT2D eigenvalue weighted by Gasteiger charge is -2.33. The Morgan fingerprint density at radius 3 is 1.95 bits per heavy atom. The number of carbonyl (C=O) groups excluding carboxylic acids is 1. The fourth-order valence-electron chi connectivity index (χ4n) is 2.87. The third-order valence-corrected chi connectivity index (χ3v) is 3.25. The molecule has 0 atom stereocenters. The Morgan fingerprint density at radius 1 is 1.00 bits per heavy atom. The molecule has 0 fully saturated rings. The fourth-order valence-corrected chi connectivity index (χ4v) is 2.87.